The molecule has 8 nitrogen and oxygen atoms in total. The van der Waals surface area contributed by atoms with Crippen LogP contribution in [-0.4, -0.2) is 28.0 Å². The molecule has 8 heteroatoms. The lowest BCUT2D eigenvalue weighted by Gasteiger charge is -2.08. The molecule has 0 aromatic heterocycles. The highest BCUT2D eigenvalue weighted by Crippen LogP contribution is 2.29. The third-order valence-corrected chi connectivity index (χ3v) is 2.57. The number of nitrogens with one attached hydrogen (secondary N) is 1. The predicted molar refractivity (Wildman–Crippen MR) is 68.1 cm³/mol. The maximum absolute atomic E-state index is 10.2. The maximum Gasteiger partial charge on any atom is 0.317 e. The zero-order valence-electron chi connectivity index (χ0n) is 10.2. The van der Waals surface area contributed by atoms with Gasteiger partial charge in [-0.15, -0.1) is 0 Å². The van der Waals surface area contributed by atoms with Crippen molar-refractivity contribution in [1.29, 1.82) is 0 Å². The van der Waals surface area contributed by atoms with Crippen molar-refractivity contribution < 1.29 is 15.0 Å². The number of nitro benzene ring substituents is 2. The number of phenols is 1. The summed E-state index contributed by atoms with van der Waals surface area (Å²) < 4.78 is 0. The van der Waals surface area contributed by atoms with Crippen LogP contribution in [0.5, 0.6) is 5.75 Å². The molecule has 1 fully saturated rings. The molecular weight excluding hydrogens is 254 g/mol. The van der Waals surface area contributed by atoms with Gasteiger partial charge in [-0.05, 0) is 32.0 Å². The topological polar surface area (TPSA) is 119 Å². The fourth-order valence-electron chi connectivity index (χ4n) is 1.57. The van der Waals surface area contributed by atoms with Crippen LogP contribution in [0.4, 0.5) is 11.4 Å². The molecule has 1 aromatic rings. The lowest BCUT2D eigenvalue weighted by Crippen LogP contribution is -2.21. The van der Waals surface area contributed by atoms with Gasteiger partial charge in [0, 0.05) is 6.07 Å². The molecule has 0 radical (unpaired) electrons. The number of nitro groups is 2. The monoisotopic (exact) mass is 269 g/mol. The number of piperidine rings is 1. The first-order valence-electron chi connectivity index (χ1n) is 5.85. The van der Waals surface area contributed by atoms with Crippen molar-refractivity contribution in [3.63, 3.8) is 0 Å². The van der Waals surface area contributed by atoms with Gasteiger partial charge in [0.2, 0.25) is 0 Å². The Bertz CT molecular complexity index is 448. The summed E-state index contributed by atoms with van der Waals surface area (Å²) in [5.74, 6) is -0.587. The van der Waals surface area contributed by atoms with Crippen LogP contribution >= 0.6 is 0 Å². The first kappa shape index (κ1) is 14.8. The Kier molecular flexibility index (Phi) is 5.68. The van der Waals surface area contributed by atoms with Crippen LogP contribution < -0.4 is 5.32 Å². The van der Waals surface area contributed by atoms with E-state index in [-0.39, 0.29) is 0 Å². The summed E-state index contributed by atoms with van der Waals surface area (Å²) in [6.07, 6.45) is 4.22. The zero-order chi connectivity index (χ0) is 14.3. The van der Waals surface area contributed by atoms with Crippen LogP contribution in [0.1, 0.15) is 19.3 Å². The highest BCUT2D eigenvalue weighted by atomic mass is 16.6. The second kappa shape index (κ2) is 7.27. The molecule has 1 heterocycles. The molecular formula is C11H15N3O5. The molecule has 1 aromatic carbocycles. The molecule has 2 rings (SSSR count). The number of aromatic hydroxyl groups is 1. The fourth-order valence-corrected chi connectivity index (χ4v) is 1.57. The van der Waals surface area contributed by atoms with Crippen molar-refractivity contribution in [3.05, 3.63) is 38.4 Å². The Morgan fingerprint density at radius 3 is 2.05 bits per heavy atom. The van der Waals surface area contributed by atoms with E-state index in [1.165, 1.54) is 32.4 Å². The third kappa shape index (κ3) is 4.88. The van der Waals surface area contributed by atoms with Gasteiger partial charge in [-0.2, -0.15) is 0 Å². The van der Waals surface area contributed by atoms with Crippen LogP contribution in [0.2, 0.25) is 0 Å². The summed E-state index contributed by atoms with van der Waals surface area (Å²) in [6, 6.07) is 2.61. The van der Waals surface area contributed by atoms with E-state index in [4.69, 9.17) is 5.11 Å². The van der Waals surface area contributed by atoms with E-state index >= 15 is 0 Å². The van der Waals surface area contributed by atoms with Crippen LogP contribution in [0.15, 0.2) is 18.2 Å². The van der Waals surface area contributed by atoms with E-state index in [9.17, 15) is 20.2 Å². The minimum absolute atomic E-state index is 0.426. The van der Waals surface area contributed by atoms with Crippen LogP contribution in [0.3, 0.4) is 0 Å². The molecule has 1 saturated heterocycles. The molecule has 0 amide bonds. The number of rotatable bonds is 2. The number of benzene rings is 1. The lowest BCUT2D eigenvalue weighted by atomic mass is 10.2. The van der Waals surface area contributed by atoms with Crippen molar-refractivity contribution >= 4 is 11.4 Å². The molecule has 0 aliphatic carbocycles. The maximum atomic E-state index is 10.2. The van der Waals surface area contributed by atoms with Crippen LogP contribution in [0, 0.1) is 20.2 Å². The first-order valence-corrected chi connectivity index (χ1v) is 5.85. The van der Waals surface area contributed by atoms with E-state index in [1.54, 1.807) is 0 Å². The Morgan fingerprint density at radius 1 is 1.05 bits per heavy atom. The highest BCUT2D eigenvalue weighted by Gasteiger charge is 2.18. The smallest absolute Gasteiger partial charge is 0.317 e. The Morgan fingerprint density at radius 2 is 1.68 bits per heavy atom. The molecule has 0 saturated carbocycles. The molecule has 0 spiro atoms. The second-order valence-electron chi connectivity index (χ2n) is 4.00. The number of hydrogen-bond donors (Lipinski definition) is 2. The fraction of sp³-hybridized carbons (Fsp3) is 0.455. The molecule has 0 unspecified atom stereocenters. The van der Waals surface area contributed by atoms with Crippen molar-refractivity contribution in [2.24, 2.45) is 0 Å². The summed E-state index contributed by atoms with van der Waals surface area (Å²) in [5, 5.41) is 32.6. The molecule has 19 heavy (non-hydrogen) atoms. The minimum Gasteiger partial charge on any atom is -0.502 e. The standard InChI is InChI=1S/C6H4N2O5.C5H11N/c9-6-2-1-4(7(10)11)3-5(6)8(12)13;1-2-4-6-5-3-1/h1-3,9H;6H,1-5H2. The largest absolute Gasteiger partial charge is 0.502 e. The highest BCUT2D eigenvalue weighted by molar-refractivity contribution is 5.52. The van der Waals surface area contributed by atoms with Gasteiger partial charge in [-0.3, -0.25) is 20.2 Å². The van der Waals surface area contributed by atoms with Crippen molar-refractivity contribution in [2.75, 3.05) is 13.1 Å². The summed E-state index contributed by atoms with van der Waals surface area (Å²) in [4.78, 5) is 18.7. The number of phenolic OH excluding ortho intramolecular Hbond substituents is 1. The van der Waals surface area contributed by atoms with Gasteiger partial charge in [0.05, 0.1) is 15.9 Å². The van der Waals surface area contributed by atoms with Crippen LogP contribution in [0.25, 0.3) is 0 Å². The third-order valence-electron chi connectivity index (χ3n) is 2.57. The van der Waals surface area contributed by atoms with E-state index in [0.717, 1.165) is 12.1 Å². The predicted octanol–water partition coefficient (Wildman–Crippen LogP) is 1.97. The SMILES string of the molecule is C1CCNCC1.O=[N+]([O-])c1ccc(O)c([N+](=O)[O-])c1. The van der Waals surface area contributed by atoms with Gasteiger partial charge >= 0.3 is 5.69 Å². The minimum atomic E-state index is -0.887. The lowest BCUT2D eigenvalue weighted by molar-refractivity contribution is -0.394. The summed E-state index contributed by atoms with van der Waals surface area (Å²) >= 11 is 0. The summed E-state index contributed by atoms with van der Waals surface area (Å²) in [5.41, 5.74) is -1.10. The van der Waals surface area contributed by atoms with E-state index in [0.29, 0.717) is 6.07 Å². The Hall–Kier alpha value is -2.22. The number of nitrogens with zero attached hydrogens (tertiary/aromatic N) is 2. The van der Waals surface area contributed by atoms with E-state index in [1.807, 2.05) is 0 Å². The molecule has 104 valence electrons. The van der Waals surface area contributed by atoms with Gasteiger partial charge in [0.15, 0.2) is 5.75 Å². The van der Waals surface area contributed by atoms with Gasteiger partial charge < -0.3 is 10.4 Å². The van der Waals surface area contributed by atoms with Crippen LogP contribution in [-0.2, 0) is 0 Å². The Balaban J connectivity index is 0.000000250. The van der Waals surface area contributed by atoms with Crippen molar-refractivity contribution in [1.82, 2.24) is 5.32 Å². The Labute approximate surface area is 109 Å². The average molecular weight is 269 g/mol. The second-order valence-corrected chi connectivity index (χ2v) is 4.00. The summed E-state index contributed by atoms with van der Waals surface area (Å²) in [7, 11) is 0. The van der Waals surface area contributed by atoms with Crippen molar-refractivity contribution in [2.45, 2.75) is 19.3 Å². The molecule has 1 aliphatic heterocycles. The summed E-state index contributed by atoms with van der Waals surface area (Å²) in [6.45, 7) is 2.50. The number of hydrogen-bond acceptors (Lipinski definition) is 6. The number of non-ortho nitro benzene ring substituents is 1. The molecule has 0 bridgehead atoms. The van der Waals surface area contributed by atoms with E-state index < -0.39 is 27.0 Å². The molecule has 0 atom stereocenters. The first-order chi connectivity index (χ1) is 9.02. The molecule has 2 N–H and O–H groups in total. The van der Waals surface area contributed by atoms with Gasteiger partial charge in [0.25, 0.3) is 5.69 Å². The van der Waals surface area contributed by atoms with Gasteiger partial charge in [-0.1, -0.05) is 6.42 Å². The van der Waals surface area contributed by atoms with E-state index in [2.05, 4.69) is 5.32 Å². The normalized spacial score (nSPS) is 14.1. The van der Waals surface area contributed by atoms with Gasteiger partial charge in [-0.25, -0.2) is 0 Å². The molecule has 1 aliphatic rings. The zero-order valence-corrected chi connectivity index (χ0v) is 10.2. The van der Waals surface area contributed by atoms with Crippen molar-refractivity contribution in [3.8, 4) is 5.75 Å². The average Bonchev–Trinajstić information content (AvgIpc) is 2.41. The van der Waals surface area contributed by atoms with Gasteiger partial charge in [0.1, 0.15) is 0 Å². The quantitative estimate of drug-likeness (QED) is 0.625.